The van der Waals surface area contributed by atoms with E-state index in [1.165, 1.54) is 12.1 Å². The molecule has 1 fully saturated rings. The molecule has 0 saturated carbocycles. The number of unbranched alkanes of at least 4 members (excludes halogenated alkanes) is 1. The first-order valence-electron chi connectivity index (χ1n) is 10.0. The molecule has 2 aromatic rings. The number of aliphatic hydroxyl groups is 3. The van der Waals surface area contributed by atoms with Gasteiger partial charge in [-0.15, -0.1) is 0 Å². The fourth-order valence-corrected chi connectivity index (χ4v) is 5.35. The molecule has 1 aliphatic carbocycles. The van der Waals surface area contributed by atoms with E-state index in [9.17, 15) is 24.9 Å². The second kappa shape index (κ2) is 6.49. The number of Topliss-reactive ketones (excluding diaryl/α,β-unsaturated/α-hetero) is 1. The van der Waals surface area contributed by atoms with E-state index in [2.05, 4.69) is 15.9 Å². The number of carbonyl (C=O) groups excluding carboxylic acids is 2. The van der Waals surface area contributed by atoms with Gasteiger partial charge in [-0.3, -0.25) is 9.59 Å². The second-order valence-corrected chi connectivity index (χ2v) is 8.94. The van der Waals surface area contributed by atoms with Crippen LogP contribution in [0.4, 0.5) is 0 Å². The number of hydrogen-bond acceptors (Lipinski definition) is 6. The van der Waals surface area contributed by atoms with Gasteiger partial charge in [-0.05, 0) is 18.6 Å². The van der Waals surface area contributed by atoms with Crippen LogP contribution in [0.15, 0.2) is 58.6 Å². The Morgan fingerprint density at radius 3 is 2.29 bits per heavy atom. The highest BCUT2D eigenvalue weighted by Crippen LogP contribution is 2.67. The summed E-state index contributed by atoms with van der Waals surface area (Å²) in [5, 5.41) is 34.9. The molecule has 2 aliphatic heterocycles. The zero-order valence-corrected chi connectivity index (χ0v) is 18.2. The van der Waals surface area contributed by atoms with Crippen molar-refractivity contribution in [2.75, 3.05) is 6.54 Å². The lowest BCUT2D eigenvalue weighted by Gasteiger charge is -2.45. The Hall–Kier alpha value is -2.52. The molecule has 5 rings (SSSR count). The highest BCUT2D eigenvalue weighted by atomic mass is 79.9. The Balaban J connectivity index is 1.86. The van der Waals surface area contributed by atoms with E-state index in [-0.39, 0.29) is 29.0 Å². The van der Waals surface area contributed by atoms with Crippen molar-refractivity contribution in [3.8, 4) is 0 Å². The van der Waals surface area contributed by atoms with E-state index in [4.69, 9.17) is 4.74 Å². The number of ether oxygens (including phenoxy) is 1. The largest absolute Gasteiger partial charge is 0.454 e. The van der Waals surface area contributed by atoms with Crippen LogP contribution in [0.25, 0.3) is 5.76 Å². The van der Waals surface area contributed by atoms with Crippen molar-refractivity contribution in [2.45, 2.75) is 36.9 Å². The first-order valence-corrected chi connectivity index (χ1v) is 10.8. The van der Waals surface area contributed by atoms with Gasteiger partial charge in [0.1, 0.15) is 5.76 Å². The number of ketones is 1. The topological polar surface area (TPSA) is 107 Å². The average Bonchev–Trinajstić information content (AvgIpc) is 3.22. The molecule has 8 heteroatoms. The summed E-state index contributed by atoms with van der Waals surface area (Å²) in [4.78, 5) is 27.5. The minimum Gasteiger partial charge on any atom is -0.454 e. The van der Waals surface area contributed by atoms with Crippen LogP contribution < -0.4 is 0 Å². The van der Waals surface area contributed by atoms with Gasteiger partial charge in [-0.1, -0.05) is 65.7 Å². The third-order valence-electron chi connectivity index (χ3n) is 6.41. The highest BCUT2D eigenvalue weighted by molar-refractivity contribution is 9.10. The van der Waals surface area contributed by atoms with Crippen LogP contribution >= 0.6 is 15.9 Å². The van der Waals surface area contributed by atoms with E-state index in [0.29, 0.717) is 18.4 Å². The van der Waals surface area contributed by atoms with Crippen LogP contribution in [0.2, 0.25) is 0 Å². The molecule has 3 N–H and O–H groups in total. The van der Waals surface area contributed by atoms with Crippen molar-refractivity contribution in [2.24, 2.45) is 0 Å². The highest BCUT2D eigenvalue weighted by Gasteiger charge is 2.84. The predicted molar refractivity (Wildman–Crippen MR) is 113 cm³/mol. The lowest BCUT2D eigenvalue weighted by molar-refractivity contribution is -0.312. The quantitative estimate of drug-likeness (QED) is 0.452. The van der Waals surface area contributed by atoms with Crippen molar-refractivity contribution in [3.05, 3.63) is 75.3 Å². The van der Waals surface area contributed by atoms with Crippen molar-refractivity contribution < 1.29 is 29.6 Å². The minimum absolute atomic E-state index is 0.00569. The standard InChI is InChI=1S/C23H20BrNO6/c1-2-3-12-25-20(27)18(26)17-19(13-8-10-14(24)11-9-13)31-23(30)16-7-5-4-6-15(16)22(28,29)21(17,23)25/h4-11,28-30H,2-3,12H2,1H3. The number of benzene rings is 2. The van der Waals surface area contributed by atoms with E-state index in [1.807, 2.05) is 6.92 Å². The minimum atomic E-state index is -2.75. The molecule has 1 saturated heterocycles. The number of rotatable bonds is 4. The van der Waals surface area contributed by atoms with Gasteiger partial charge in [-0.2, -0.15) is 0 Å². The maximum Gasteiger partial charge on any atom is 0.296 e. The smallest absolute Gasteiger partial charge is 0.296 e. The van der Waals surface area contributed by atoms with Crippen LogP contribution in [-0.4, -0.2) is 44.0 Å². The lowest BCUT2D eigenvalue weighted by Crippen LogP contribution is -2.66. The van der Waals surface area contributed by atoms with Gasteiger partial charge in [0.25, 0.3) is 17.5 Å². The molecule has 7 nitrogen and oxygen atoms in total. The molecule has 0 radical (unpaired) electrons. The Morgan fingerprint density at radius 1 is 1.00 bits per heavy atom. The van der Waals surface area contributed by atoms with Crippen LogP contribution in [0.3, 0.4) is 0 Å². The van der Waals surface area contributed by atoms with Crippen LogP contribution in [0, 0.1) is 0 Å². The number of likely N-dealkylation sites (tertiary alicyclic amines) is 1. The maximum absolute atomic E-state index is 13.3. The summed E-state index contributed by atoms with van der Waals surface area (Å²) >= 11 is 3.35. The third kappa shape index (κ3) is 2.23. The number of hydrogen-bond donors (Lipinski definition) is 3. The van der Waals surface area contributed by atoms with Gasteiger partial charge >= 0.3 is 0 Å². The second-order valence-electron chi connectivity index (χ2n) is 8.02. The first-order chi connectivity index (χ1) is 14.7. The fraction of sp³-hybridized carbons (Fsp3) is 0.304. The third-order valence-corrected chi connectivity index (χ3v) is 6.94. The predicted octanol–water partition coefficient (Wildman–Crippen LogP) is 2.14. The van der Waals surface area contributed by atoms with Gasteiger partial charge in [0.05, 0.1) is 5.57 Å². The average molecular weight is 486 g/mol. The molecular weight excluding hydrogens is 466 g/mol. The summed E-state index contributed by atoms with van der Waals surface area (Å²) in [6, 6.07) is 13.0. The molecule has 160 valence electrons. The van der Waals surface area contributed by atoms with E-state index in [0.717, 1.165) is 9.37 Å². The van der Waals surface area contributed by atoms with Crippen molar-refractivity contribution in [3.63, 3.8) is 0 Å². The molecule has 1 spiro atoms. The number of amides is 1. The number of nitrogens with zero attached hydrogens (tertiary/aromatic N) is 1. The zero-order chi connectivity index (χ0) is 22.2. The summed E-state index contributed by atoms with van der Waals surface area (Å²) < 4.78 is 6.82. The number of fused-ring (bicyclic) bond motifs is 2. The summed E-state index contributed by atoms with van der Waals surface area (Å²) in [6.07, 6.45) is 1.20. The first kappa shape index (κ1) is 20.4. The molecule has 1 amide bonds. The maximum atomic E-state index is 13.3. The van der Waals surface area contributed by atoms with E-state index < -0.39 is 28.8 Å². The zero-order valence-electron chi connectivity index (χ0n) is 16.6. The number of carbonyl (C=O) groups is 2. The molecule has 2 heterocycles. The van der Waals surface area contributed by atoms with Crippen molar-refractivity contribution >= 4 is 33.4 Å². The summed E-state index contributed by atoms with van der Waals surface area (Å²) in [6.45, 7) is 1.97. The summed E-state index contributed by atoms with van der Waals surface area (Å²) in [7, 11) is 0. The van der Waals surface area contributed by atoms with Crippen LogP contribution in [-0.2, 0) is 25.9 Å². The molecule has 2 unspecified atom stereocenters. The number of halogens is 1. The molecule has 3 aliphatic rings. The Labute approximate surface area is 186 Å². The fourth-order valence-electron chi connectivity index (χ4n) is 5.09. The van der Waals surface area contributed by atoms with Crippen molar-refractivity contribution in [1.29, 1.82) is 0 Å². The Kier molecular flexibility index (Phi) is 4.27. The molecule has 2 aromatic carbocycles. The van der Waals surface area contributed by atoms with Gasteiger partial charge in [0.2, 0.25) is 11.3 Å². The van der Waals surface area contributed by atoms with Crippen LogP contribution in [0.1, 0.15) is 36.5 Å². The molecule has 2 atom stereocenters. The molecule has 0 aromatic heterocycles. The Morgan fingerprint density at radius 2 is 1.65 bits per heavy atom. The normalized spacial score (nSPS) is 28.0. The SMILES string of the molecule is CCCCN1C(=O)C(=O)C2=C(c3ccc(Br)cc3)OC3(O)c4ccccc4C(O)(O)C213. The van der Waals surface area contributed by atoms with Gasteiger partial charge in [-0.25, -0.2) is 0 Å². The van der Waals surface area contributed by atoms with Gasteiger partial charge in [0.15, 0.2) is 0 Å². The monoisotopic (exact) mass is 485 g/mol. The Bertz CT molecular complexity index is 1160. The summed E-state index contributed by atoms with van der Waals surface area (Å²) in [5.41, 5.74) is -1.91. The van der Waals surface area contributed by atoms with E-state index in [1.54, 1.807) is 36.4 Å². The van der Waals surface area contributed by atoms with Gasteiger partial charge in [0, 0.05) is 27.7 Å². The van der Waals surface area contributed by atoms with E-state index >= 15 is 0 Å². The molecular formula is C23H20BrNO6. The molecule has 0 bridgehead atoms. The lowest BCUT2D eigenvalue weighted by atomic mass is 9.78. The molecule has 31 heavy (non-hydrogen) atoms. The summed E-state index contributed by atoms with van der Waals surface area (Å²) in [5.74, 6) is -6.93. The van der Waals surface area contributed by atoms with Crippen molar-refractivity contribution in [1.82, 2.24) is 4.90 Å². The van der Waals surface area contributed by atoms with Gasteiger partial charge < -0.3 is 25.0 Å². The van der Waals surface area contributed by atoms with Crippen LogP contribution in [0.5, 0.6) is 0 Å².